The molecule has 12 heteroatoms. The Morgan fingerprint density at radius 1 is 1.14 bits per heavy atom. The topological polar surface area (TPSA) is 159 Å². The maximum Gasteiger partial charge on any atom is 0.433 e. The van der Waals surface area contributed by atoms with Gasteiger partial charge < -0.3 is 13.9 Å². The fourth-order valence-electron chi connectivity index (χ4n) is 8.60. The Balaban J connectivity index is 0.000000204. The standard InChI is InChI=1S/C24H32O4.C8H7N3O5/c1-14-12-18-19(22(4)9-6-17(27)13-21(14)22)7-10-23(5)20(18)8-11-24(23,15(2)25)28-16(3)26;12-8-10(3-4-15-8)9-5-6-1-2-7(16-6)11(13)14/h12-13,18-20H,6-11H2,1-5H3;1-2,5H,3-4H2. The molecule has 1 aromatic heterocycles. The number of amides is 1. The second-order valence-corrected chi connectivity index (χ2v) is 13.0. The van der Waals surface area contributed by atoms with Gasteiger partial charge in [-0.15, -0.1) is 0 Å². The molecule has 5 aliphatic rings. The minimum atomic E-state index is -0.990. The number of carbonyl (C=O) groups excluding carboxylic acids is 4. The SMILES string of the molecule is CC(=O)OC1(C(C)=O)CCC2C3C=C(C)C4=CC(=O)CCC4(C)C3CCC21C.O=C1OCCN1N=Cc1ccc([N+](=O)[O-])o1. The lowest BCUT2D eigenvalue weighted by Crippen LogP contribution is -2.58. The van der Waals surface area contributed by atoms with Gasteiger partial charge in [0.1, 0.15) is 11.5 Å². The maximum absolute atomic E-state index is 12.8. The normalized spacial score (nSPS) is 34.1. The molecule has 12 nitrogen and oxygen atoms in total. The smallest absolute Gasteiger partial charge is 0.433 e. The van der Waals surface area contributed by atoms with Gasteiger partial charge in [-0.2, -0.15) is 10.1 Å². The summed E-state index contributed by atoms with van der Waals surface area (Å²) >= 11 is 0. The van der Waals surface area contributed by atoms with E-state index in [-0.39, 0.29) is 46.6 Å². The van der Waals surface area contributed by atoms with Crippen molar-refractivity contribution in [2.75, 3.05) is 13.2 Å². The molecule has 0 radical (unpaired) electrons. The number of carbonyl (C=O) groups is 4. The zero-order chi connectivity index (χ0) is 32.0. The molecule has 0 spiro atoms. The van der Waals surface area contributed by atoms with Crippen molar-refractivity contribution in [1.29, 1.82) is 0 Å². The first kappa shape index (κ1) is 31.3. The second kappa shape index (κ2) is 11.4. The average molecular weight is 610 g/mol. The van der Waals surface area contributed by atoms with Crippen molar-refractivity contribution in [2.45, 2.75) is 78.7 Å². The third kappa shape index (κ3) is 5.17. The first-order chi connectivity index (χ1) is 20.7. The van der Waals surface area contributed by atoms with E-state index in [0.29, 0.717) is 37.1 Å². The number of ketones is 2. The number of esters is 1. The zero-order valence-electron chi connectivity index (χ0n) is 25.8. The molecule has 2 heterocycles. The zero-order valence-corrected chi connectivity index (χ0v) is 25.8. The molecular formula is C32H39N3O9. The van der Waals surface area contributed by atoms with Crippen molar-refractivity contribution in [3.8, 4) is 0 Å². The lowest BCUT2D eigenvalue weighted by molar-refractivity contribution is -0.402. The fourth-order valence-corrected chi connectivity index (χ4v) is 8.60. The van der Waals surface area contributed by atoms with Crippen molar-refractivity contribution in [1.82, 2.24) is 5.01 Å². The molecule has 0 bridgehead atoms. The van der Waals surface area contributed by atoms with Gasteiger partial charge in [-0.1, -0.05) is 25.5 Å². The molecule has 0 aromatic carbocycles. The van der Waals surface area contributed by atoms with Crippen LogP contribution in [0, 0.1) is 38.7 Å². The van der Waals surface area contributed by atoms with Crippen molar-refractivity contribution < 1.29 is 38.0 Å². The molecule has 2 saturated carbocycles. The van der Waals surface area contributed by atoms with Crippen LogP contribution in [0.4, 0.5) is 10.7 Å². The molecule has 1 saturated heterocycles. The van der Waals surface area contributed by atoms with Crippen LogP contribution in [0.2, 0.25) is 0 Å². The Kier molecular flexibility index (Phi) is 8.15. The van der Waals surface area contributed by atoms with Gasteiger partial charge in [-0.3, -0.25) is 24.5 Å². The Morgan fingerprint density at radius 3 is 2.48 bits per heavy atom. The summed E-state index contributed by atoms with van der Waals surface area (Å²) in [7, 11) is 0. The fraction of sp³-hybridized carbons (Fsp3) is 0.594. The van der Waals surface area contributed by atoms with Crippen LogP contribution in [-0.4, -0.2) is 58.5 Å². The molecule has 1 aliphatic heterocycles. The molecule has 1 aromatic rings. The highest BCUT2D eigenvalue weighted by Crippen LogP contribution is 2.67. The number of hydrazone groups is 1. The average Bonchev–Trinajstić information content (AvgIpc) is 3.67. The van der Waals surface area contributed by atoms with Gasteiger partial charge in [0, 0.05) is 18.8 Å². The lowest BCUT2D eigenvalue weighted by Gasteiger charge is -2.58. The molecule has 236 valence electrons. The Hall–Kier alpha value is -4.09. The summed E-state index contributed by atoms with van der Waals surface area (Å²) in [5.74, 6) is 0.859. The number of cyclic esters (lactones) is 1. The monoisotopic (exact) mass is 609 g/mol. The van der Waals surface area contributed by atoms with E-state index >= 15 is 0 Å². The van der Waals surface area contributed by atoms with Crippen LogP contribution in [-0.2, 0) is 23.9 Å². The molecule has 3 fully saturated rings. The van der Waals surface area contributed by atoms with Crippen LogP contribution < -0.4 is 0 Å². The Labute approximate surface area is 255 Å². The van der Waals surface area contributed by atoms with Crippen LogP contribution in [0.1, 0.15) is 78.9 Å². The number of Topliss-reactive ketones (excluding diaryl/α,β-unsaturated/α-hetero) is 1. The van der Waals surface area contributed by atoms with Crippen molar-refractivity contribution in [3.63, 3.8) is 0 Å². The van der Waals surface area contributed by atoms with Crippen molar-refractivity contribution in [2.24, 2.45) is 33.7 Å². The number of ether oxygens (including phenoxy) is 2. The molecule has 6 atom stereocenters. The van der Waals surface area contributed by atoms with Crippen molar-refractivity contribution >= 4 is 35.7 Å². The largest absolute Gasteiger partial charge is 0.451 e. The van der Waals surface area contributed by atoms with Gasteiger partial charge in [-0.25, -0.2) is 4.79 Å². The summed E-state index contributed by atoms with van der Waals surface area (Å²) in [6.07, 6.45) is 9.87. The number of rotatable bonds is 5. The van der Waals surface area contributed by atoms with E-state index in [1.54, 1.807) is 6.92 Å². The summed E-state index contributed by atoms with van der Waals surface area (Å²) in [4.78, 5) is 57.4. The maximum atomic E-state index is 12.8. The minimum absolute atomic E-state index is 0.0160. The number of nitrogens with zero attached hydrogens (tertiary/aromatic N) is 3. The quantitative estimate of drug-likeness (QED) is 0.181. The van der Waals surface area contributed by atoms with E-state index in [0.717, 1.165) is 30.7 Å². The first-order valence-corrected chi connectivity index (χ1v) is 15.1. The third-order valence-corrected chi connectivity index (χ3v) is 10.7. The summed E-state index contributed by atoms with van der Waals surface area (Å²) in [6, 6.07) is 2.60. The number of fused-ring (bicyclic) bond motifs is 5. The first-order valence-electron chi connectivity index (χ1n) is 15.1. The summed E-state index contributed by atoms with van der Waals surface area (Å²) in [5, 5.41) is 15.2. The molecule has 6 unspecified atom stereocenters. The van der Waals surface area contributed by atoms with Gasteiger partial charge in [0.2, 0.25) is 0 Å². The van der Waals surface area contributed by atoms with Crippen LogP contribution in [0.25, 0.3) is 0 Å². The van der Waals surface area contributed by atoms with E-state index < -0.39 is 16.6 Å². The molecule has 1 amide bonds. The van der Waals surface area contributed by atoms with Gasteiger partial charge in [-0.05, 0) is 86.8 Å². The molecule has 4 aliphatic carbocycles. The number of hydrogen-bond acceptors (Lipinski definition) is 10. The second-order valence-electron chi connectivity index (χ2n) is 13.0. The molecule has 0 N–H and O–H groups in total. The van der Waals surface area contributed by atoms with Crippen LogP contribution in [0.3, 0.4) is 0 Å². The lowest BCUT2D eigenvalue weighted by atomic mass is 9.47. The number of hydrogen-bond donors (Lipinski definition) is 0. The van der Waals surface area contributed by atoms with E-state index in [1.165, 1.54) is 36.4 Å². The Bertz CT molecular complexity index is 1490. The number of allylic oxidation sites excluding steroid dienone is 4. The van der Waals surface area contributed by atoms with Crippen molar-refractivity contribution in [3.05, 3.63) is 51.3 Å². The van der Waals surface area contributed by atoms with E-state index in [2.05, 4.69) is 36.7 Å². The van der Waals surface area contributed by atoms with Crippen LogP contribution >= 0.6 is 0 Å². The van der Waals surface area contributed by atoms with E-state index in [9.17, 15) is 29.3 Å². The summed E-state index contributed by atoms with van der Waals surface area (Å²) in [5.41, 5.74) is 1.15. The summed E-state index contributed by atoms with van der Waals surface area (Å²) < 4.78 is 15.3. The van der Waals surface area contributed by atoms with Gasteiger partial charge in [0.15, 0.2) is 22.9 Å². The predicted molar refractivity (Wildman–Crippen MR) is 157 cm³/mol. The third-order valence-electron chi connectivity index (χ3n) is 10.7. The molecule has 44 heavy (non-hydrogen) atoms. The summed E-state index contributed by atoms with van der Waals surface area (Å²) in [6.45, 7) is 10.3. The van der Waals surface area contributed by atoms with Crippen LogP contribution in [0.15, 0.2) is 44.9 Å². The predicted octanol–water partition coefficient (Wildman–Crippen LogP) is 5.55. The Morgan fingerprint density at radius 2 is 1.86 bits per heavy atom. The highest BCUT2D eigenvalue weighted by molar-refractivity contribution is 5.92. The molecular weight excluding hydrogens is 570 g/mol. The van der Waals surface area contributed by atoms with E-state index in [1.807, 2.05) is 6.08 Å². The number of nitro groups is 1. The highest BCUT2D eigenvalue weighted by Gasteiger charge is 2.67. The van der Waals surface area contributed by atoms with Gasteiger partial charge >= 0.3 is 17.9 Å². The number of furan rings is 1. The van der Waals surface area contributed by atoms with Gasteiger partial charge in [0.25, 0.3) is 0 Å². The minimum Gasteiger partial charge on any atom is -0.451 e. The van der Waals surface area contributed by atoms with Gasteiger partial charge in [0.05, 0.1) is 18.8 Å². The van der Waals surface area contributed by atoms with E-state index in [4.69, 9.17) is 9.15 Å². The highest BCUT2D eigenvalue weighted by atomic mass is 16.6. The van der Waals surface area contributed by atoms with Crippen LogP contribution in [0.5, 0.6) is 0 Å². The molecule has 6 rings (SSSR count).